The van der Waals surface area contributed by atoms with Crippen molar-refractivity contribution in [1.82, 2.24) is 4.98 Å². The van der Waals surface area contributed by atoms with Crippen LogP contribution in [0.15, 0.2) is 17.7 Å². The first-order chi connectivity index (χ1) is 6.75. The number of thiazole rings is 1. The summed E-state index contributed by atoms with van der Waals surface area (Å²) >= 11 is 1.31. The van der Waals surface area contributed by atoms with Gasteiger partial charge in [-0.15, -0.1) is 11.3 Å². The molecule has 0 spiro atoms. The van der Waals surface area contributed by atoms with Crippen LogP contribution in [-0.4, -0.2) is 22.6 Å². The summed E-state index contributed by atoms with van der Waals surface area (Å²) in [5, 5.41) is 12.4. The number of allylic oxidation sites excluding steroid dienone is 1. The van der Waals surface area contributed by atoms with E-state index in [0.717, 1.165) is 13.0 Å². The van der Waals surface area contributed by atoms with Gasteiger partial charge in [0.25, 0.3) is 0 Å². The van der Waals surface area contributed by atoms with Crippen LogP contribution < -0.4 is 5.32 Å². The fraction of sp³-hybridized carbons (Fsp3) is 0.333. The van der Waals surface area contributed by atoms with E-state index in [1.54, 1.807) is 0 Å². The zero-order valence-corrected chi connectivity index (χ0v) is 8.67. The van der Waals surface area contributed by atoms with Gasteiger partial charge >= 0.3 is 5.97 Å². The summed E-state index contributed by atoms with van der Waals surface area (Å²) in [5.74, 6) is -0.986. The number of anilines is 1. The summed E-state index contributed by atoms with van der Waals surface area (Å²) in [6, 6.07) is 0. The average Bonchev–Trinajstić information content (AvgIpc) is 2.60. The molecule has 0 aromatic carbocycles. The van der Waals surface area contributed by atoms with E-state index in [9.17, 15) is 4.79 Å². The van der Waals surface area contributed by atoms with Gasteiger partial charge in [0, 0.05) is 6.54 Å². The molecule has 0 saturated heterocycles. The Morgan fingerprint density at radius 2 is 2.57 bits per heavy atom. The third kappa shape index (κ3) is 2.85. The topological polar surface area (TPSA) is 62.2 Å². The van der Waals surface area contributed by atoms with Gasteiger partial charge in [-0.3, -0.25) is 0 Å². The smallest absolute Gasteiger partial charge is 0.357 e. The van der Waals surface area contributed by atoms with E-state index in [0.29, 0.717) is 5.00 Å². The molecule has 0 bridgehead atoms. The maximum absolute atomic E-state index is 10.7. The highest BCUT2D eigenvalue weighted by atomic mass is 32.1. The van der Waals surface area contributed by atoms with Crippen LogP contribution in [0.2, 0.25) is 0 Å². The van der Waals surface area contributed by atoms with Gasteiger partial charge in [0.15, 0.2) is 5.69 Å². The molecule has 0 atom stereocenters. The molecule has 4 nitrogen and oxygen atoms in total. The van der Waals surface area contributed by atoms with Gasteiger partial charge in [0.2, 0.25) is 0 Å². The number of carboxylic acid groups (broad SMARTS) is 1. The first-order valence-corrected chi connectivity index (χ1v) is 5.15. The third-order valence-electron chi connectivity index (χ3n) is 1.60. The van der Waals surface area contributed by atoms with E-state index < -0.39 is 5.97 Å². The lowest BCUT2D eigenvalue weighted by Crippen LogP contribution is -2.05. The van der Waals surface area contributed by atoms with Crippen LogP contribution in [0.3, 0.4) is 0 Å². The number of rotatable bonds is 5. The quantitative estimate of drug-likeness (QED) is 0.580. The van der Waals surface area contributed by atoms with Gasteiger partial charge in [-0.2, -0.15) is 0 Å². The van der Waals surface area contributed by atoms with Crippen molar-refractivity contribution in [3.05, 3.63) is 23.4 Å². The summed E-state index contributed by atoms with van der Waals surface area (Å²) in [7, 11) is 0. The van der Waals surface area contributed by atoms with E-state index in [2.05, 4.69) is 10.3 Å². The maximum Gasteiger partial charge on any atom is 0.357 e. The number of hydrogen-bond donors (Lipinski definition) is 2. The Kier molecular flexibility index (Phi) is 4.12. The van der Waals surface area contributed by atoms with Crippen LogP contribution in [0.25, 0.3) is 0 Å². The third-order valence-corrected chi connectivity index (χ3v) is 2.39. The molecule has 0 amide bonds. The maximum atomic E-state index is 10.7. The molecule has 0 aliphatic carbocycles. The molecule has 5 heteroatoms. The van der Waals surface area contributed by atoms with Gasteiger partial charge in [0.1, 0.15) is 5.00 Å². The lowest BCUT2D eigenvalue weighted by atomic mass is 10.4. The second-order valence-corrected chi connectivity index (χ2v) is 3.47. The molecule has 1 aromatic heterocycles. The molecular weight excluding hydrogens is 200 g/mol. The molecule has 1 heterocycles. The van der Waals surface area contributed by atoms with E-state index in [1.165, 1.54) is 16.8 Å². The van der Waals surface area contributed by atoms with Crippen molar-refractivity contribution in [2.45, 2.75) is 13.3 Å². The fourth-order valence-corrected chi connectivity index (χ4v) is 1.66. The minimum absolute atomic E-state index is 0.107. The molecule has 2 N–H and O–H groups in total. The highest BCUT2D eigenvalue weighted by Crippen LogP contribution is 2.19. The number of hydrogen-bond acceptors (Lipinski definition) is 4. The minimum atomic E-state index is -0.986. The van der Waals surface area contributed by atoms with Crippen LogP contribution in [-0.2, 0) is 0 Å². The second kappa shape index (κ2) is 5.39. The zero-order valence-electron chi connectivity index (χ0n) is 7.86. The predicted molar refractivity (Wildman–Crippen MR) is 57.0 cm³/mol. The van der Waals surface area contributed by atoms with E-state index in [-0.39, 0.29) is 5.69 Å². The Balaban J connectivity index is 2.50. The highest BCUT2D eigenvalue weighted by Gasteiger charge is 2.12. The summed E-state index contributed by atoms with van der Waals surface area (Å²) in [5.41, 5.74) is 1.64. The normalized spacial score (nSPS) is 10.6. The van der Waals surface area contributed by atoms with Crippen molar-refractivity contribution < 1.29 is 9.90 Å². The van der Waals surface area contributed by atoms with Crippen LogP contribution in [0.1, 0.15) is 23.8 Å². The minimum Gasteiger partial charge on any atom is -0.476 e. The monoisotopic (exact) mass is 212 g/mol. The molecular formula is C9H12N2O2S. The Morgan fingerprint density at radius 3 is 3.21 bits per heavy atom. The Morgan fingerprint density at radius 1 is 1.79 bits per heavy atom. The lowest BCUT2D eigenvalue weighted by Gasteiger charge is -2.00. The van der Waals surface area contributed by atoms with Gasteiger partial charge in [-0.1, -0.05) is 12.2 Å². The zero-order chi connectivity index (χ0) is 10.4. The number of carboxylic acids is 1. The van der Waals surface area contributed by atoms with Crippen LogP contribution >= 0.6 is 11.3 Å². The molecule has 0 fully saturated rings. The Hall–Kier alpha value is -1.36. The van der Waals surface area contributed by atoms with Crippen molar-refractivity contribution in [3.8, 4) is 0 Å². The van der Waals surface area contributed by atoms with Crippen molar-refractivity contribution in [2.24, 2.45) is 0 Å². The summed E-state index contributed by atoms with van der Waals surface area (Å²) in [6.07, 6.45) is 4.87. The van der Waals surface area contributed by atoms with Gasteiger partial charge in [-0.05, 0) is 13.3 Å². The number of carbonyl (C=O) groups is 1. The van der Waals surface area contributed by atoms with Crippen LogP contribution in [0.5, 0.6) is 0 Å². The molecule has 0 aliphatic heterocycles. The molecule has 0 unspecified atom stereocenters. The predicted octanol–water partition coefficient (Wildman–Crippen LogP) is 2.22. The van der Waals surface area contributed by atoms with Crippen LogP contribution in [0, 0.1) is 0 Å². The fourth-order valence-electron chi connectivity index (χ4n) is 0.960. The van der Waals surface area contributed by atoms with Crippen molar-refractivity contribution >= 4 is 22.3 Å². The Bertz CT molecular complexity index is 333. The number of aromatic nitrogens is 1. The molecule has 0 saturated carbocycles. The standard InChI is InChI=1S/C9H12N2O2S/c1-2-3-4-5-10-8-7(9(12)13)11-6-14-8/h2-3,6,10H,4-5H2,1H3,(H,12,13)/b3-2+. The second-order valence-electron chi connectivity index (χ2n) is 2.62. The Labute approximate surface area is 86.3 Å². The van der Waals surface area contributed by atoms with Crippen LogP contribution in [0.4, 0.5) is 5.00 Å². The average molecular weight is 212 g/mol. The lowest BCUT2D eigenvalue weighted by molar-refractivity contribution is 0.0692. The molecule has 14 heavy (non-hydrogen) atoms. The van der Waals surface area contributed by atoms with E-state index in [1.807, 2.05) is 19.1 Å². The molecule has 0 aliphatic rings. The number of nitrogens with zero attached hydrogens (tertiary/aromatic N) is 1. The van der Waals surface area contributed by atoms with Gasteiger partial charge in [-0.25, -0.2) is 9.78 Å². The summed E-state index contributed by atoms with van der Waals surface area (Å²) < 4.78 is 0. The van der Waals surface area contributed by atoms with Crippen molar-refractivity contribution in [1.29, 1.82) is 0 Å². The summed E-state index contributed by atoms with van der Waals surface area (Å²) in [6.45, 7) is 2.68. The van der Waals surface area contributed by atoms with Crippen molar-refractivity contribution in [3.63, 3.8) is 0 Å². The molecule has 1 rings (SSSR count). The van der Waals surface area contributed by atoms with Gasteiger partial charge in [0.05, 0.1) is 5.51 Å². The first-order valence-electron chi connectivity index (χ1n) is 4.27. The number of aromatic carboxylic acids is 1. The molecule has 0 radical (unpaired) electrons. The van der Waals surface area contributed by atoms with Crippen molar-refractivity contribution in [2.75, 3.05) is 11.9 Å². The van der Waals surface area contributed by atoms with Gasteiger partial charge < -0.3 is 10.4 Å². The SMILES string of the molecule is C/C=C/CCNc1scnc1C(=O)O. The van der Waals surface area contributed by atoms with E-state index in [4.69, 9.17) is 5.11 Å². The number of nitrogens with one attached hydrogen (secondary N) is 1. The largest absolute Gasteiger partial charge is 0.476 e. The summed E-state index contributed by atoms with van der Waals surface area (Å²) in [4.78, 5) is 14.4. The molecule has 76 valence electrons. The highest BCUT2D eigenvalue weighted by molar-refractivity contribution is 7.14. The first kappa shape index (κ1) is 10.7. The van der Waals surface area contributed by atoms with E-state index >= 15 is 0 Å². The molecule has 1 aromatic rings.